The molecule has 270 valence electrons. The Morgan fingerprint density at radius 2 is 1.09 bits per heavy atom. The van der Waals surface area contributed by atoms with Crippen LogP contribution in [-0.2, 0) is 0 Å². The first-order chi connectivity index (χ1) is 27.6. The van der Waals surface area contributed by atoms with Crippen LogP contribution in [0.5, 0.6) is 0 Å². The van der Waals surface area contributed by atoms with Crippen molar-refractivity contribution in [3.05, 3.63) is 102 Å². The smallest absolute Gasteiger partial charge is 0.136 e. The van der Waals surface area contributed by atoms with Gasteiger partial charge in [0.25, 0.3) is 0 Å². The highest BCUT2D eigenvalue weighted by molar-refractivity contribution is 6.28. The van der Waals surface area contributed by atoms with E-state index in [1.807, 2.05) is 0 Å². The maximum atomic E-state index is 6.69. The number of aromatic nitrogens is 3. The molecular formula is C52H41N3O. The van der Waals surface area contributed by atoms with Crippen LogP contribution in [0.4, 0.5) is 0 Å². The van der Waals surface area contributed by atoms with E-state index in [0.717, 1.165) is 34.8 Å². The predicted molar refractivity (Wildman–Crippen MR) is 223 cm³/mol. The number of hydrogen-bond donors (Lipinski definition) is 0. The summed E-state index contributed by atoms with van der Waals surface area (Å²) in [5.74, 6) is 6.21. The Hall–Kier alpha value is -4.96. The molecule has 6 bridgehead atoms. The van der Waals surface area contributed by atoms with Crippen LogP contribution in [-0.4, -0.2) is 14.4 Å². The van der Waals surface area contributed by atoms with Gasteiger partial charge in [0.2, 0.25) is 0 Å². The van der Waals surface area contributed by atoms with E-state index in [4.69, 9.17) is 14.4 Å². The van der Waals surface area contributed by atoms with Gasteiger partial charge in [-0.25, -0.2) is 0 Å². The summed E-state index contributed by atoms with van der Waals surface area (Å²) in [5.41, 5.74) is 16.0. The van der Waals surface area contributed by atoms with Gasteiger partial charge in [0.05, 0.1) is 28.9 Å². The van der Waals surface area contributed by atoms with Crippen molar-refractivity contribution in [1.29, 1.82) is 0 Å². The van der Waals surface area contributed by atoms with Crippen molar-refractivity contribution in [2.75, 3.05) is 0 Å². The van der Waals surface area contributed by atoms with Crippen LogP contribution in [0.1, 0.15) is 110 Å². The fourth-order valence-corrected chi connectivity index (χ4v) is 17.3. The minimum atomic E-state index is 0.595. The first-order valence-corrected chi connectivity index (χ1v) is 22.0. The van der Waals surface area contributed by atoms with Crippen LogP contribution in [0.2, 0.25) is 0 Å². The van der Waals surface area contributed by atoms with Crippen LogP contribution < -0.4 is 0 Å². The van der Waals surface area contributed by atoms with Crippen LogP contribution >= 0.6 is 0 Å². The maximum absolute atomic E-state index is 6.69. The minimum Gasteiger partial charge on any atom is -0.456 e. The summed E-state index contributed by atoms with van der Waals surface area (Å²) >= 11 is 0. The lowest BCUT2D eigenvalue weighted by Gasteiger charge is -2.48. The average Bonchev–Trinajstić information content (AvgIpc) is 4.05. The fraction of sp³-hybridized carbons (Fsp3) is 0.385. The number of para-hydroxylation sites is 1. The lowest BCUT2D eigenvalue weighted by molar-refractivity contribution is 0.00321. The first-order valence-electron chi connectivity index (χ1n) is 22.0. The van der Waals surface area contributed by atoms with Gasteiger partial charge in [0.1, 0.15) is 11.2 Å². The molecule has 2 spiro atoms. The van der Waals surface area contributed by atoms with E-state index in [0.29, 0.717) is 34.5 Å². The minimum absolute atomic E-state index is 0.595. The molecule has 10 atom stereocenters. The fourth-order valence-electron chi connectivity index (χ4n) is 17.3. The summed E-state index contributed by atoms with van der Waals surface area (Å²) in [6.07, 6.45) is 18.5. The quantitative estimate of drug-likeness (QED) is 0.169. The molecule has 4 aromatic carbocycles. The molecule has 5 heterocycles. The van der Waals surface area contributed by atoms with Crippen molar-refractivity contribution in [2.24, 2.45) is 34.5 Å². The second-order valence-corrected chi connectivity index (χ2v) is 20.6. The third-order valence-electron chi connectivity index (χ3n) is 19.0. The van der Waals surface area contributed by atoms with Gasteiger partial charge < -0.3 is 8.82 Å². The number of nitrogens with zero attached hydrogens (tertiary/aromatic N) is 3. The molecule has 0 radical (unpaired) electrons. The highest BCUT2D eigenvalue weighted by atomic mass is 16.3. The molecule has 0 N–H and O–H groups in total. The zero-order valence-corrected chi connectivity index (χ0v) is 31.4. The molecule has 4 heteroatoms. The van der Waals surface area contributed by atoms with Crippen molar-refractivity contribution >= 4 is 70.8 Å². The van der Waals surface area contributed by atoms with Gasteiger partial charge in [-0.3, -0.25) is 9.97 Å². The number of fused-ring (bicyclic) bond motifs is 22. The molecular weight excluding hydrogens is 683 g/mol. The number of benzene rings is 4. The van der Waals surface area contributed by atoms with E-state index >= 15 is 0 Å². The van der Waals surface area contributed by atoms with Crippen molar-refractivity contribution < 1.29 is 4.42 Å². The second kappa shape index (κ2) is 8.79. The second-order valence-electron chi connectivity index (χ2n) is 20.6. The monoisotopic (exact) mass is 723 g/mol. The number of pyridine rings is 2. The Morgan fingerprint density at radius 1 is 0.536 bits per heavy atom. The highest BCUT2D eigenvalue weighted by Gasteiger charge is 2.67. The molecule has 9 aromatic rings. The highest BCUT2D eigenvalue weighted by Crippen LogP contribution is 2.78. The largest absolute Gasteiger partial charge is 0.456 e. The lowest BCUT2D eigenvalue weighted by Crippen LogP contribution is -2.41. The molecule has 4 nitrogen and oxygen atoms in total. The molecule has 8 aliphatic rings. The molecule has 17 rings (SSSR count). The summed E-state index contributed by atoms with van der Waals surface area (Å²) in [6, 6.07) is 25.2. The van der Waals surface area contributed by atoms with E-state index in [1.165, 1.54) is 146 Å². The van der Waals surface area contributed by atoms with Gasteiger partial charge in [-0.1, -0.05) is 42.5 Å². The van der Waals surface area contributed by atoms with Crippen molar-refractivity contribution in [1.82, 2.24) is 14.4 Å². The normalized spacial score (nSPS) is 35.3. The van der Waals surface area contributed by atoms with Crippen LogP contribution in [0, 0.1) is 34.5 Å². The zero-order chi connectivity index (χ0) is 35.6. The molecule has 5 aromatic heterocycles. The van der Waals surface area contributed by atoms with Crippen LogP contribution in [0.25, 0.3) is 81.9 Å². The Kier molecular flexibility index (Phi) is 4.46. The molecule has 0 amide bonds. The summed E-state index contributed by atoms with van der Waals surface area (Å²) in [6.45, 7) is 0. The Labute approximate surface area is 323 Å². The van der Waals surface area contributed by atoms with E-state index in [2.05, 4.69) is 83.5 Å². The third kappa shape index (κ3) is 2.86. The third-order valence-corrected chi connectivity index (χ3v) is 19.0. The zero-order valence-electron chi connectivity index (χ0n) is 31.4. The molecule has 8 aliphatic carbocycles. The SMILES string of the molecule is c1ccc2c(-c3cc4c5c6c(ncc5n5c7cnc8c(c7c(c3)c45)C3CC4CC5CC8CC54C3)C3CC4CC5CC6CC45C3)c3c(cc2c1)oc1ccccc13. The topological polar surface area (TPSA) is 43.3 Å². The summed E-state index contributed by atoms with van der Waals surface area (Å²) in [4.78, 5) is 11.2. The number of hydrogen-bond acceptors (Lipinski definition) is 3. The van der Waals surface area contributed by atoms with E-state index in [-0.39, 0.29) is 0 Å². The van der Waals surface area contributed by atoms with Crippen molar-refractivity contribution in [2.45, 2.75) is 87.9 Å². The molecule has 6 fully saturated rings. The van der Waals surface area contributed by atoms with Gasteiger partial charge in [0, 0.05) is 61.1 Å². The van der Waals surface area contributed by atoms with Crippen LogP contribution in [0.15, 0.2) is 83.5 Å². The molecule has 0 aliphatic heterocycles. The number of furan rings is 1. The standard InChI is InChI=1S/C52H41N3O/c1-2-6-34-24(5-1)15-41-47(35-7-3-4-8-40(35)56-41)42(34)25-13-36-45-38(22-53-48-28-11-32-16-30-9-26(43(45)48)18-51(30,32)20-28)55-39-23-54-49-29-12-33-17-31-10-27(19-52(31,33)21-29)44(49)46(39)37(14-25)50(36)55/h1-8,13-15,22-23,26-33H,9-12,16-21H2. The maximum Gasteiger partial charge on any atom is 0.136 e. The Bertz CT molecular complexity index is 3230. The molecule has 6 saturated carbocycles. The van der Waals surface area contributed by atoms with Gasteiger partial charge in [0.15, 0.2) is 0 Å². The van der Waals surface area contributed by atoms with Gasteiger partial charge in [-0.2, -0.15) is 0 Å². The van der Waals surface area contributed by atoms with Crippen LogP contribution in [0.3, 0.4) is 0 Å². The van der Waals surface area contributed by atoms with Crippen molar-refractivity contribution in [3.63, 3.8) is 0 Å². The molecule has 56 heavy (non-hydrogen) atoms. The summed E-state index contributed by atoms with van der Waals surface area (Å²) < 4.78 is 9.35. The summed E-state index contributed by atoms with van der Waals surface area (Å²) in [7, 11) is 0. The first kappa shape index (κ1) is 28.4. The van der Waals surface area contributed by atoms with Gasteiger partial charge in [-0.05, 0) is 162 Å². The molecule has 10 unspecified atom stereocenters. The average molecular weight is 724 g/mol. The molecule has 0 saturated heterocycles. The number of rotatable bonds is 1. The summed E-state index contributed by atoms with van der Waals surface area (Å²) in [5, 5.41) is 10.9. The van der Waals surface area contributed by atoms with E-state index in [9.17, 15) is 0 Å². The van der Waals surface area contributed by atoms with Gasteiger partial charge >= 0.3 is 0 Å². The Balaban J connectivity index is 1.07. The predicted octanol–water partition coefficient (Wildman–Crippen LogP) is 13.1. The van der Waals surface area contributed by atoms with E-state index in [1.54, 1.807) is 11.1 Å². The lowest BCUT2D eigenvalue weighted by atomic mass is 9.56. The van der Waals surface area contributed by atoms with Crippen molar-refractivity contribution in [3.8, 4) is 11.1 Å². The Morgan fingerprint density at radius 3 is 1.73 bits per heavy atom. The van der Waals surface area contributed by atoms with E-state index < -0.39 is 0 Å². The van der Waals surface area contributed by atoms with Gasteiger partial charge in [-0.15, -0.1) is 0 Å².